The van der Waals surface area contributed by atoms with E-state index in [4.69, 9.17) is 0 Å². The summed E-state index contributed by atoms with van der Waals surface area (Å²) in [6.07, 6.45) is 2.42. The van der Waals surface area contributed by atoms with Crippen molar-refractivity contribution in [1.82, 2.24) is 9.78 Å². The second-order valence-electron chi connectivity index (χ2n) is 5.09. The van der Waals surface area contributed by atoms with Gasteiger partial charge in [-0.1, -0.05) is 0 Å². The van der Waals surface area contributed by atoms with Gasteiger partial charge >= 0.3 is 5.69 Å². The number of aryl methyl sites for hydroxylation is 1. The standard InChI is InChI=1S/C12H20N4O2S/c1-8(2)15-12(11(16(17)18)9(3)14-15)13-7-10-5-4-6-19-10/h8,10,13H,4-7H2,1-3H3. The van der Waals surface area contributed by atoms with Crippen molar-refractivity contribution in [2.45, 2.75) is 44.9 Å². The fourth-order valence-electron chi connectivity index (χ4n) is 2.31. The third-order valence-electron chi connectivity index (χ3n) is 3.25. The smallest absolute Gasteiger partial charge is 0.333 e. The van der Waals surface area contributed by atoms with Crippen LogP contribution >= 0.6 is 11.8 Å². The lowest BCUT2D eigenvalue weighted by molar-refractivity contribution is -0.384. The van der Waals surface area contributed by atoms with E-state index in [2.05, 4.69) is 10.4 Å². The second kappa shape index (κ2) is 5.81. The van der Waals surface area contributed by atoms with Gasteiger partial charge in [-0.05, 0) is 39.4 Å². The van der Waals surface area contributed by atoms with E-state index in [1.54, 1.807) is 11.6 Å². The molecule has 1 aromatic heterocycles. The predicted octanol–water partition coefficient (Wildman–Crippen LogP) is 2.99. The average Bonchev–Trinajstić information content (AvgIpc) is 2.92. The maximum Gasteiger partial charge on any atom is 0.333 e. The summed E-state index contributed by atoms with van der Waals surface area (Å²) in [5.74, 6) is 1.74. The van der Waals surface area contributed by atoms with Crippen molar-refractivity contribution >= 4 is 23.3 Å². The normalized spacial score (nSPS) is 19.1. The molecule has 19 heavy (non-hydrogen) atoms. The summed E-state index contributed by atoms with van der Waals surface area (Å²) in [4.78, 5) is 10.8. The summed E-state index contributed by atoms with van der Waals surface area (Å²) < 4.78 is 1.72. The van der Waals surface area contributed by atoms with Gasteiger partial charge in [-0.15, -0.1) is 0 Å². The van der Waals surface area contributed by atoms with Gasteiger partial charge in [0.2, 0.25) is 5.82 Å². The van der Waals surface area contributed by atoms with Crippen molar-refractivity contribution in [2.24, 2.45) is 0 Å². The molecular weight excluding hydrogens is 264 g/mol. The maximum absolute atomic E-state index is 11.2. The number of anilines is 1. The largest absolute Gasteiger partial charge is 0.363 e. The first-order valence-electron chi connectivity index (χ1n) is 6.59. The van der Waals surface area contributed by atoms with Gasteiger partial charge in [0.25, 0.3) is 0 Å². The molecule has 0 radical (unpaired) electrons. The molecule has 0 saturated carbocycles. The molecule has 0 amide bonds. The highest BCUT2D eigenvalue weighted by atomic mass is 32.2. The van der Waals surface area contributed by atoms with Crippen molar-refractivity contribution in [3.63, 3.8) is 0 Å². The number of aromatic nitrogens is 2. The van der Waals surface area contributed by atoms with Gasteiger partial charge < -0.3 is 5.32 Å². The quantitative estimate of drug-likeness (QED) is 0.664. The van der Waals surface area contributed by atoms with E-state index >= 15 is 0 Å². The summed E-state index contributed by atoms with van der Waals surface area (Å²) in [7, 11) is 0. The van der Waals surface area contributed by atoms with E-state index in [0.29, 0.717) is 16.8 Å². The molecule has 106 valence electrons. The molecule has 2 heterocycles. The molecular formula is C12H20N4O2S. The van der Waals surface area contributed by atoms with Crippen LogP contribution in [0.5, 0.6) is 0 Å². The van der Waals surface area contributed by atoms with Crippen LogP contribution in [0.2, 0.25) is 0 Å². The minimum Gasteiger partial charge on any atom is -0.363 e. The predicted molar refractivity (Wildman–Crippen MR) is 78.0 cm³/mol. The molecule has 1 fully saturated rings. The van der Waals surface area contributed by atoms with Crippen LogP contribution in [-0.2, 0) is 0 Å². The van der Waals surface area contributed by atoms with Gasteiger partial charge in [-0.3, -0.25) is 10.1 Å². The summed E-state index contributed by atoms with van der Waals surface area (Å²) in [5, 5.41) is 19.3. The molecule has 0 aromatic carbocycles. The Balaban J connectivity index is 2.22. The Morgan fingerprint density at radius 2 is 2.37 bits per heavy atom. The van der Waals surface area contributed by atoms with Crippen molar-refractivity contribution in [1.29, 1.82) is 0 Å². The van der Waals surface area contributed by atoms with E-state index in [-0.39, 0.29) is 16.7 Å². The third-order valence-corrected chi connectivity index (χ3v) is 4.64. The van der Waals surface area contributed by atoms with Gasteiger partial charge in [-0.25, -0.2) is 4.68 Å². The molecule has 1 aliphatic heterocycles. The van der Waals surface area contributed by atoms with Crippen molar-refractivity contribution < 1.29 is 4.92 Å². The zero-order chi connectivity index (χ0) is 14.0. The number of hydrogen-bond donors (Lipinski definition) is 1. The highest BCUT2D eigenvalue weighted by Gasteiger charge is 2.27. The van der Waals surface area contributed by atoms with Crippen LogP contribution in [0.3, 0.4) is 0 Å². The van der Waals surface area contributed by atoms with Crippen LogP contribution in [0.15, 0.2) is 0 Å². The molecule has 1 aliphatic rings. The molecule has 0 aliphatic carbocycles. The second-order valence-corrected chi connectivity index (χ2v) is 6.50. The fourth-order valence-corrected chi connectivity index (χ4v) is 3.51. The van der Waals surface area contributed by atoms with Crippen LogP contribution < -0.4 is 5.32 Å². The molecule has 1 aromatic rings. The van der Waals surface area contributed by atoms with Crippen LogP contribution in [0.25, 0.3) is 0 Å². The van der Waals surface area contributed by atoms with Crippen molar-refractivity contribution in [3.05, 3.63) is 15.8 Å². The number of rotatable bonds is 5. The Hall–Kier alpha value is -1.24. The van der Waals surface area contributed by atoms with Crippen LogP contribution in [0.1, 0.15) is 38.4 Å². The first kappa shape index (κ1) is 14.2. The topological polar surface area (TPSA) is 73.0 Å². The van der Waals surface area contributed by atoms with Crippen LogP contribution in [0, 0.1) is 17.0 Å². The zero-order valence-electron chi connectivity index (χ0n) is 11.5. The van der Waals surface area contributed by atoms with Gasteiger partial charge in [0.05, 0.1) is 4.92 Å². The van der Waals surface area contributed by atoms with E-state index < -0.39 is 0 Å². The SMILES string of the molecule is Cc1nn(C(C)C)c(NCC2CCCS2)c1[N+](=O)[O-]. The minimum atomic E-state index is -0.342. The first-order chi connectivity index (χ1) is 9.00. The van der Waals surface area contributed by atoms with E-state index in [1.807, 2.05) is 25.6 Å². The fraction of sp³-hybridized carbons (Fsp3) is 0.750. The zero-order valence-corrected chi connectivity index (χ0v) is 12.4. The van der Waals surface area contributed by atoms with E-state index in [9.17, 15) is 10.1 Å². The molecule has 1 atom stereocenters. The Morgan fingerprint density at radius 1 is 1.63 bits per heavy atom. The van der Waals surface area contributed by atoms with E-state index in [1.165, 1.54) is 18.6 Å². The molecule has 1 saturated heterocycles. The number of nitro groups is 1. The Morgan fingerprint density at radius 3 is 2.89 bits per heavy atom. The van der Waals surface area contributed by atoms with Crippen LogP contribution in [0.4, 0.5) is 11.5 Å². The lowest BCUT2D eigenvalue weighted by atomic mass is 10.2. The summed E-state index contributed by atoms with van der Waals surface area (Å²) in [6, 6.07) is 0.103. The number of hydrogen-bond acceptors (Lipinski definition) is 5. The third kappa shape index (κ3) is 3.02. The molecule has 0 bridgehead atoms. The molecule has 7 heteroatoms. The Kier molecular flexibility index (Phi) is 4.34. The van der Waals surface area contributed by atoms with E-state index in [0.717, 1.165) is 6.54 Å². The highest BCUT2D eigenvalue weighted by molar-refractivity contribution is 8.00. The lowest BCUT2D eigenvalue weighted by Crippen LogP contribution is -2.18. The molecule has 1 N–H and O–H groups in total. The average molecular weight is 284 g/mol. The monoisotopic (exact) mass is 284 g/mol. The van der Waals surface area contributed by atoms with Gasteiger partial charge in [0, 0.05) is 17.8 Å². The van der Waals surface area contributed by atoms with Crippen molar-refractivity contribution in [3.8, 4) is 0 Å². The first-order valence-corrected chi connectivity index (χ1v) is 7.64. The number of nitrogens with zero attached hydrogens (tertiary/aromatic N) is 3. The highest BCUT2D eigenvalue weighted by Crippen LogP contribution is 2.32. The Bertz CT molecular complexity index is 467. The summed E-state index contributed by atoms with van der Waals surface area (Å²) >= 11 is 1.93. The van der Waals surface area contributed by atoms with Gasteiger partial charge in [-0.2, -0.15) is 16.9 Å². The molecule has 6 nitrogen and oxygen atoms in total. The summed E-state index contributed by atoms with van der Waals surface area (Å²) in [6.45, 7) is 6.41. The van der Waals surface area contributed by atoms with Gasteiger partial charge in [0.15, 0.2) is 0 Å². The minimum absolute atomic E-state index is 0.103. The van der Waals surface area contributed by atoms with Gasteiger partial charge in [0.1, 0.15) is 5.69 Å². The molecule has 0 spiro atoms. The summed E-state index contributed by atoms with van der Waals surface area (Å²) in [5.41, 5.74) is 0.581. The van der Waals surface area contributed by atoms with Crippen LogP contribution in [-0.4, -0.2) is 32.3 Å². The number of thioether (sulfide) groups is 1. The number of nitrogens with one attached hydrogen (secondary N) is 1. The molecule has 2 rings (SSSR count). The Labute approximate surface area is 117 Å². The maximum atomic E-state index is 11.2. The van der Waals surface area contributed by atoms with Crippen molar-refractivity contribution in [2.75, 3.05) is 17.6 Å². The molecule has 1 unspecified atom stereocenters. The lowest BCUT2D eigenvalue weighted by Gasteiger charge is -2.14.